The third-order valence-corrected chi connectivity index (χ3v) is 19.9. The van der Waals surface area contributed by atoms with Crippen LogP contribution in [0.15, 0.2) is 40.1 Å². The number of aryl methyl sites for hydroxylation is 1. The van der Waals surface area contributed by atoms with E-state index in [-0.39, 0.29) is 18.6 Å². The minimum absolute atomic E-state index is 0.114. The van der Waals surface area contributed by atoms with Gasteiger partial charge in [-0.3, -0.25) is 0 Å². The van der Waals surface area contributed by atoms with Gasteiger partial charge in [-0.15, -0.1) is 0 Å². The number of benzene rings is 1. The summed E-state index contributed by atoms with van der Waals surface area (Å²) in [5, 5.41) is 13.5. The predicted molar refractivity (Wildman–Crippen MR) is 158 cm³/mol. The van der Waals surface area contributed by atoms with Crippen LogP contribution in [0.2, 0.25) is 16.8 Å². The maximum atomic E-state index is 13.6. The Morgan fingerprint density at radius 2 is 2.05 bits per heavy atom. The minimum atomic E-state index is -2.09. The van der Waals surface area contributed by atoms with E-state index in [1.54, 1.807) is 17.6 Å². The number of fused-ring (bicyclic) bond motifs is 5. The first kappa shape index (κ1) is 26.2. The van der Waals surface area contributed by atoms with Crippen molar-refractivity contribution in [3.63, 3.8) is 0 Å². The number of ether oxygens (including phenoxy) is 1. The van der Waals surface area contributed by atoms with E-state index in [2.05, 4.69) is 28.6 Å². The van der Waals surface area contributed by atoms with E-state index in [1.807, 2.05) is 35.7 Å². The molecule has 3 aliphatic heterocycles. The van der Waals surface area contributed by atoms with Gasteiger partial charge in [0.1, 0.15) is 0 Å². The molecule has 0 saturated heterocycles. The van der Waals surface area contributed by atoms with Crippen LogP contribution < -0.4 is 5.56 Å². The van der Waals surface area contributed by atoms with Gasteiger partial charge in [0.15, 0.2) is 0 Å². The second kappa shape index (κ2) is 9.84. The van der Waals surface area contributed by atoms with Crippen LogP contribution in [-0.2, 0) is 34.7 Å². The summed E-state index contributed by atoms with van der Waals surface area (Å²) in [7, 11) is 0. The molecular formula is C28H31GeN3O4S2. The molecule has 10 heteroatoms. The maximum absolute atomic E-state index is 13.6. The van der Waals surface area contributed by atoms with Gasteiger partial charge in [0, 0.05) is 0 Å². The normalized spacial score (nSPS) is 20.2. The van der Waals surface area contributed by atoms with E-state index in [4.69, 9.17) is 9.72 Å². The third kappa shape index (κ3) is 4.35. The molecule has 6 rings (SSSR count). The predicted octanol–water partition coefficient (Wildman–Crippen LogP) is 4.71. The molecule has 198 valence electrons. The molecule has 0 bridgehead atoms. The first-order valence-corrected chi connectivity index (χ1v) is 22.2. The van der Waals surface area contributed by atoms with Crippen LogP contribution in [0.5, 0.6) is 0 Å². The van der Waals surface area contributed by atoms with Crippen molar-refractivity contribution in [2.45, 2.75) is 55.3 Å². The fourth-order valence-corrected chi connectivity index (χ4v) is 14.6. The standard InChI is InChI=1S/C28H31GeN3O4S2/c1-4-28(35)21-13-23-24-19(14-32(23)25(33)20(21)15-36-26(28)34)17(18-7-5-6-8-22(18)31-24)9-10-29(2,3)16-38-27-30-11-12-37-27/h5-8,13,35H,4,9-12,14-16H2,1-3H3/t28-/m0/s1. The Bertz CT molecular complexity index is 1570. The van der Waals surface area contributed by atoms with Gasteiger partial charge in [-0.1, -0.05) is 0 Å². The molecule has 0 unspecified atom stereocenters. The van der Waals surface area contributed by atoms with Gasteiger partial charge >= 0.3 is 234 Å². The summed E-state index contributed by atoms with van der Waals surface area (Å²) in [6.45, 7) is 2.99. The fraction of sp³-hybridized carbons (Fsp3) is 0.429. The molecule has 0 spiro atoms. The molecule has 0 aliphatic carbocycles. The van der Waals surface area contributed by atoms with Crippen molar-refractivity contribution in [2.75, 3.05) is 16.9 Å². The molecule has 1 N–H and O–H groups in total. The van der Waals surface area contributed by atoms with Gasteiger partial charge in [0.25, 0.3) is 0 Å². The van der Waals surface area contributed by atoms with Gasteiger partial charge in [-0.25, -0.2) is 0 Å². The molecule has 7 nitrogen and oxygen atoms in total. The van der Waals surface area contributed by atoms with Crippen molar-refractivity contribution in [2.24, 2.45) is 4.99 Å². The summed E-state index contributed by atoms with van der Waals surface area (Å²) in [6, 6.07) is 10.0. The summed E-state index contributed by atoms with van der Waals surface area (Å²) in [4.78, 5) is 35.8. The molecule has 38 heavy (non-hydrogen) atoms. The number of aliphatic imine (C=N–C) groups is 1. The zero-order chi connectivity index (χ0) is 26.7. The first-order valence-electron chi connectivity index (χ1n) is 13.1. The summed E-state index contributed by atoms with van der Waals surface area (Å²) in [5.41, 5.74) is 3.39. The van der Waals surface area contributed by atoms with E-state index in [1.165, 1.54) is 19.8 Å². The van der Waals surface area contributed by atoms with Gasteiger partial charge in [0.2, 0.25) is 0 Å². The number of carbonyl (C=O) groups excluding carboxylic acids is 1. The number of para-hydroxylation sites is 1. The quantitative estimate of drug-likeness (QED) is 0.250. The first-order chi connectivity index (χ1) is 18.2. The van der Waals surface area contributed by atoms with Gasteiger partial charge in [-0.2, -0.15) is 0 Å². The van der Waals surface area contributed by atoms with Crippen LogP contribution in [0.1, 0.15) is 35.6 Å². The van der Waals surface area contributed by atoms with E-state index in [0.29, 0.717) is 23.4 Å². The Labute approximate surface area is 232 Å². The monoisotopic (exact) mass is 611 g/mol. The molecule has 0 amide bonds. The molecule has 0 fully saturated rings. The van der Waals surface area contributed by atoms with E-state index < -0.39 is 24.8 Å². The summed E-state index contributed by atoms with van der Waals surface area (Å²) in [6.07, 6.45) is 1.08. The number of esters is 1. The summed E-state index contributed by atoms with van der Waals surface area (Å²) < 4.78 is 9.40. The Morgan fingerprint density at radius 1 is 1.24 bits per heavy atom. The van der Waals surface area contributed by atoms with Crippen LogP contribution in [0, 0.1) is 0 Å². The molecule has 3 aromatic rings. The number of aliphatic hydroxyl groups is 1. The van der Waals surface area contributed by atoms with Gasteiger partial charge < -0.3 is 0 Å². The zero-order valence-electron chi connectivity index (χ0n) is 21.9. The molecule has 5 heterocycles. The van der Waals surface area contributed by atoms with Crippen LogP contribution in [-0.4, -0.2) is 55.2 Å². The summed E-state index contributed by atoms with van der Waals surface area (Å²) in [5.74, 6) is 5.39. The van der Waals surface area contributed by atoms with Crippen molar-refractivity contribution in [1.29, 1.82) is 0 Å². The number of pyridine rings is 2. The SMILES string of the molecule is CC[C@@]1(O)C(=O)OCc2c1cc1n(c2=O)Cc2c-1nc1ccccc1c2C[CH2][Ge]([CH3])([CH3])[CH2]SC1=NCCS1. The number of aromatic nitrogens is 2. The molecule has 0 radical (unpaired) electrons. The number of cyclic esters (lactones) is 1. The molecule has 0 saturated carbocycles. The third-order valence-electron chi connectivity index (χ3n) is 7.91. The van der Waals surface area contributed by atoms with Crippen molar-refractivity contribution in [3.05, 3.63) is 62.9 Å². The molecule has 1 aromatic carbocycles. The van der Waals surface area contributed by atoms with Crippen molar-refractivity contribution < 1.29 is 14.6 Å². The number of rotatable bonds is 6. The topological polar surface area (TPSA) is 93.8 Å². The van der Waals surface area contributed by atoms with Crippen molar-refractivity contribution in [1.82, 2.24) is 9.55 Å². The second-order valence-corrected chi connectivity index (χ2v) is 25.2. The average molecular weight is 610 g/mol. The number of thioether (sulfide) groups is 2. The Balaban J connectivity index is 1.41. The zero-order valence-corrected chi connectivity index (χ0v) is 25.6. The summed E-state index contributed by atoms with van der Waals surface area (Å²) >= 11 is 1.72. The van der Waals surface area contributed by atoms with Crippen LogP contribution in [0.25, 0.3) is 22.3 Å². The van der Waals surface area contributed by atoms with Crippen LogP contribution in [0.4, 0.5) is 0 Å². The van der Waals surface area contributed by atoms with E-state index >= 15 is 0 Å². The fourth-order valence-electron chi connectivity index (χ4n) is 5.59. The van der Waals surface area contributed by atoms with Crippen molar-refractivity contribution in [3.8, 4) is 11.4 Å². The number of carbonyl (C=O) groups is 1. The van der Waals surface area contributed by atoms with E-state index in [9.17, 15) is 14.7 Å². The molecule has 3 aliphatic rings. The molecule has 2 aromatic heterocycles. The Hall–Kier alpha value is -2.08. The second-order valence-electron chi connectivity index (χ2n) is 11.0. The number of nitrogens with zero attached hydrogens (tertiary/aromatic N) is 3. The van der Waals surface area contributed by atoms with E-state index in [0.717, 1.165) is 40.9 Å². The van der Waals surface area contributed by atoms with Gasteiger partial charge in [-0.05, 0) is 0 Å². The Morgan fingerprint density at radius 3 is 2.82 bits per heavy atom. The molecular weight excluding hydrogens is 579 g/mol. The molecule has 1 atom stereocenters. The van der Waals surface area contributed by atoms with Crippen LogP contribution in [0.3, 0.4) is 0 Å². The van der Waals surface area contributed by atoms with Gasteiger partial charge in [0.05, 0.1) is 0 Å². The number of hydrogen-bond donors (Lipinski definition) is 1. The Kier molecular flexibility index (Phi) is 6.77. The number of hydrogen-bond acceptors (Lipinski definition) is 8. The average Bonchev–Trinajstić information content (AvgIpc) is 3.56. The van der Waals surface area contributed by atoms with Crippen LogP contribution >= 0.6 is 23.5 Å². The van der Waals surface area contributed by atoms with Crippen molar-refractivity contribution >= 4 is 58.0 Å².